The molecule has 110 valence electrons. The van der Waals surface area contributed by atoms with E-state index < -0.39 is 5.97 Å². The van der Waals surface area contributed by atoms with Gasteiger partial charge in [0.15, 0.2) is 10.9 Å². The molecule has 1 aromatic heterocycles. The molecule has 0 N–H and O–H groups in total. The first-order chi connectivity index (χ1) is 10.1. The highest BCUT2D eigenvalue weighted by atomic mass is 32.2. The summed E-state index contributed by atoms with van der Waals surface area (Å²) in [6.45, 7) is 0. The maximum absolute atomic E-state index is 12.3. The molecule has 0 aliphatic rings. The van der Waals surface area contributed by atoms with E-state index in [0.29, 0.717) is 16.6 Å². The first kappa shape index (κ1) is 15.1. The van der Waals surface area contributed by atoms with E-state index in [9.17, 15) is 9.59 Å². The van der Waals surface area contributed by atoms with Crippen LogP contribution in [0.2, 0.25) is 0 Å². The van der Waals surface area contributed by atoms with E-state index in [1.165, 1.54) is 23.4 Å². The summed E-state index contributed by atoms with van der Waals surface area (Å²) in [5, 5.41) is 0.399. The van der Waals surface area contributed by atoms with Crippen molar-refractivity contribution in [2.75, 3.05) is 20.5 Å². The molecule has 2 rings (SSSR count). The monoisotopic (exact) mass is 306 g/mol. The first-order valence-corrected chi connectivity index (χ1v) is 7.24. The van der Waals surface area contributed by atoms with Gasteiger partial charge in [-0.25, -0.2) is 9.78 Å². The minimum atomic E-state index is -0.639. The van der Waals surface area contributed by atoms with E-state index >= 15 is 0 Å². The Balaban J connectivity index is 2.63. The summed E-state index contributed by atoms with van der Waals surface area (Å²) in [7, 11) is 2.80. The molecule has 0 aliphatic heterocycles. The van der Waals surface area contributed by atoms with Crippen molar-refractivity contribution < 1.29 is 14.3 Å². The zero-order valence-electron chi connectivity index (χ0n) is 11.8. The van der Waals surface area contributed by atoms with Crippen molar-refractivity contribution in [3.05, 3.63) is 46.4 Å². The number of hydrogen-bond acceptors (Lipinski definition) is 6. The quantitative estimate of drug-likeness (QED) is 0.487. The standard InChI is InChI=1S/C14H14N2O4S/c1-19-10-6-4-5-9(7-10)16-12(17)8-11(13(18)20-2)15-14(16)21-3/h4-8H,1-3H3. The Labute approximate surface area is 125 Å². The van der Waals surface area contributed by atoms with Gasteiger partial charge in [0.25, 0.3) is 5.56 Å². The van der Waals surface area contributed by atoms with Gasteiger partial charge in [-0.1, -0.05) is 17.8 Å². The van der Waals surface area contributed by atoms with E-state index in [2.05, 4.69) is 9.72 Å². The number of hydrogen-bond donors (Lipinski definition) is 0. The van der Waals surface area contributed by atoms with Gasteiger partial charge >= 0.3 is 5.97 Å². The number of thioether (sulfide) groups is 1. The number of nitrogens with zero attached hydrogens (tertiary/aromatic N) is 2. The number of esters is 1. The Hall–Kier alpha value is -2.28. The summed E-state index contributed by atoms with van der Waals surface area (Å²) in [4.78, 5) is 28.0. The lowest BCUT2D eigenvalue weighted by Gasteiger charge is -2.12. The Morgan fingerprint density at radius 2 is 2.05 bits per heavy atom. The molecule has 0 radical (unpaired) electrons. The van der Waals surface area contributed by atoms with Crippen LogP contribution in [0, 0.1) is 0 Å². The Kier molecular flexibility index (Phi) is 4.64. The minimum absolute atomic E-state index is 0.00834. The third-order valence-corrected chi connectivity index (χ3v) is 3.42. The zero-order valence-corrected chi connectivity index (χ0v) is 12.6. The van der Waals surface area contributed by atoms with E-state index in [0.717, 1.165) is 6.07 Å². The number of aromatic nitrogens is 2. The highest BCUT2D eigenvalue weighted by Crippen LogP contribution is 2.20. The second-order valence-electron chi connectivity index (χ2n) is 3.99. The molecule has 6 nitrogen and oxygen atoms in total. The lowest BCUT2D eigenvalue weighted by Crippen LogP contribution is -2.23. The molecule has 2 aromatic rings. The number of rotatable bonds is 4. The van der Waals surface area contributed by atoms with Gasteiger partial charge in [-0.15, -0.1) is 0 Å². The van der Waals surface area contributed by atoms with Gasteiger partial charge in [0, 0.05) is 12.1 Å². The summed E-state index contributed by atoms with van der Waals surface area (Å²) in [5.41, 5.74) is 0.251. The summed E-state index contributed by atoms with van der Waals surface area (Å²) >= 11 is 1.26. The Morgan fingerprint density at radius 3 is 2.67 bits per heavy atom. The maximum Gasteiger partial charge on any atom is 0.356 e. The zero-order chi connectivity index (χ0) is 15.4. The van der Waals surface area contributed by atoms with Crippen LogP contribution in [0.5, 0.6) is 5.75 Å². The van der Waals surface area contributed by atoms with Crippen LogP contribution in [0.3, 0.4) is 0 Å². The van der Waals surface area contributed by atoms with Gasteiger partial charge in [-0.05, 0) is 18.4 Å². The normalized spacial score (nSPS) is 10.2. The molecule has 0 fully saturated rings. The van der Waals surface area contributed by atoms with E-state index in [-0.39, 0.29) is 11.3 Å². The molecule has 0 spiro atoms. The number of methoxy groups -OCH3 is 2. The second-order valence-corrected chi connectivity index (χ2v) is 4.77. The van der Waals surface area contributed by atoms with Gasteiger partial charge in [0.1, 0.15) is 5.75 Å². The van der Waals surface area contributed by atoms with Crippen LogP contribution in [0.4, 0.5) is 0 Å². The van der Waals surface area contributed by atoms with Gasteiger partial charge in [0.2, 0.25) is 0 Å². The van der Waals surface area contributed by atoms with Crippen molar-refractivity contribution >= 4 is 17.7 Å². The molecule has 1 aromatic carbocycles. The van der Waals surface area contributed by atoms with Gasteiger partial charge in [-0.3, -0.25) is 9.36 Å². The largest absolute Gasteiger partial charge is 0.497 e. The number of carbonyl (C=O) groups excluding carboxylic acids is 1. The van der Waals surface area contributed by atoms with Crippen LogP contribution in [-0.2, 0) is 4.74 Å². The van der Waals surface area contributed by atoms with Crippen LogP contribution < -0.4 is 10.3 Å². The molecule has 0 aliphatic carbocycles. The van der Waals surface area contributed by atoms with Crippen LogP contribution >= 0.6 is 11.8 Å². The summed E-state index contributed by atoms with van der Waals surface area (Å²) in [6.07, 6.45) is 1.78. The molecular formula is C14H14N2O4S. The van der Waals surface area contributed by atoms with Crippen molar-refractivity contribution in [2.24, 2.45) is 0 Å². The van der Waals surface area contributed by atoms with Crippen molar-refractivity contribution in [1.29, 1.82) is 0 Å². The van der Waals surface area contributed by atoms with E-state index in [1.54, 1.807) is 37.6 Å². The fourth-order valence-electron chi connectivity index (χ4n) is 1.79. The maximum atomic E-state index is 12.3. The molecule has 7 heteroatoms. The first-order valence-electron chi connectivity index (χ1n) is 6.01. The molecule has 0 saturated carbocycles. The smallest absolute Gasteiger partial charge is 0.356 e. The highest BCUT2D eigenvalue weighted by molar-refractivity contribution is 7.98. The number of carbonyl (C=O) groups is 1. The molecule has 0 amide bonds. The molecule has 0 bridgehead atoms. The fourth-order valence-corrected chi connectivity index (χ4v) is 2.36. The second kappa shape index (κ2) is 6.45. The summed E-state index contributed by atoms with van der Waals surface area (Å²) in [5.74, 6) is -0.0105. The van der Waals surface area contributed by atoms with Crippen LogP contribution in [0.1, 0.15) is 10.5 Å². The predicted octanol–water partition coefficient (Wildman–Crippen LogP) is 1.75. The third kappa shape index (κ3) is 3.08. The number of benzene rings is 1. The number of ether oxygens (including phenoxy) is 2. The van der Waals surface area contributed by atoms with E-state index in [4.69, 9.17) is 4.74 Å². The van der Waals surface area contributed by atoms with Crippen molar-refractivity contribution in [3.63, 3.8) is 0 Å². The van der Waals surface area contributed by atoms with Gasteiger partial charge in [0.05, 0.1) is 19.9 Å². The minimum Gasteiger partial charge on any atom is -0.497 e. The topological polar surface area (TPSA) is 70.4 Å². The molecule has 0 saturated heterocycles. The molecular weight excluding hydrogens is 292 g/mol. The van der Waals surface area contributed by atoms with E-state index in [1.807, 2.05) is 0 Å². The van der Waals surface area contributed by atoms with Crippen LogP contribution in [0.25, 0.3) is 5.69 Å². The lowest BCUT2D eigenvalue weighted by molar-refractivity contribution is 0.0592. The lowest BCUT2D eigenvalue weighted by atomic mass is 10.3. The van der Waals surface area contributed by atoms with Crippen molar-refractivity contribution in [3.8, 4) is 11.4 Å². The van der Waals surface area contributed by atoms with Crippen molar-refractivity contribution in [1.82, 2.24) is 9.55 Å². The van der Waals surface area contributed by atoms with Crippen LogP contribution in [-0.4, -0.2) is 36.0 Å². The highest BCUT2D eigenvalue weighted by Gasteiger charge is 2.15. The molecule has 0 unspecified atom stereocenters. The predicted molar refractivity (Wildman–Crippen MR) is 79.5 cm³/mol. The van der Waals surface area contributed by atoms with Gasteiger partial charge < -0.3 is 9.47 Å². The Morgan fingerprint density at radius 1 is 1.29 bits per heavy atom. The summed E-state index contributed by atoms with van der Waals surface area (Å²) < 4.78 is 11.2. The average molecular weight is 306 g/mol. The molecule has 21 heavy (non-hydrogen) atoms. The fraction of sp³-hybridized carbons (Fsp3) is 0.214. The Bertz CT molecular complexity index is 727. The van der Waals surface area contributed by atoms with Gasteiger partial charge in [-0.2, -0.15) is 0 Å². The third-order valence-electron chi connectivity index (χ3n) is 2.78. The SMILES string of the molecule is COC(=O)c1cc(=O)n(-c2cccc(OC)c2)c(SC)n1. The molecule has 0 atom stereocenters. The molecule has 1 heterocycles. The average Bonchev–Trinajstić information content (AvgIpc) is 2.53. The van der Waals surface area contributed by atoms with Crippen molar-refractivity contribution in [2.45, 2.75) is 5.16 Å². The summed E-state index contributed by atoms with van der Waals surface area (Å²) in [6, 6.07) is 8.21. The van der Waals surface area contributed by atoms with Crippen LogP contribution in [0.15, 0.2) is 40.3 Å².